The molecule has 2 atom stereocenters. The third kappa shape index (κ3) is 3.00. The van der Waals surface area contributed by atoms with E-state index in [0.717, 1.165) is 0 Å². The number of aliphatic carboxylic acids is 1. The third-order valence-electron chi connectivity index (χ3n) is 3.49. The van der Waals surface area contributed by atoms with E-state index in [9.17, 15) is 14.7 Å². The average molecular weight is 271 g/mol. The minimum Gasteiger partial charge on any atom is -0.481 e. The molecule has 2 fully saturated rings. The molecule has 6 heteroatoms. The monoisotopic (exact) mass is 271 g/mol. The number of carboxylic acids is 1. The number of carbonyl (C=O) groups is 2. The fourth-order valence-electron chi connectivity index (χ4n) is 2.74. The van der Waals surface area contributed by atoms with Crippen molar-refractivity contribution in [2.45, 2.75) is 32.8 Å². The van der Waals surface area contributed by atoms with Gasteiger partial charge in [-0.1, -0.05) is 0 Å². The van der Waals surface area contributed by atoms with E-state index in [0.29, 0.717) is 19.6 Å². The van der Waals surface area contributed by atoms with Gasteiger partial charge >= 0.3 is 12.1 Å². The topological polar surface area (TPSA) is 76.1 Å². The highest BCUT2D eigenvalue weighted by molar-refractivity contribution is 5.77. The van der Waals surface area contributed by atoms with Crippen molar-refractivity contribution in [1.29, 1.82) is 0 Å². The Hall–Kier alpha value is -1.30. The summed E-state index contributed by atoms with van der Waals surface area (Å²) in [4.78, 5) is 25.1. The van der Waals surface area contributed by atoms with Crippen LogP contribution in [-0.4, -0.2) is 54.0 Å². The molecule has 0 unspecified atom stereocenters. The van der Waals surface area contributed by atoms with Gasteiger partial charge in [-0.25, -0.2) is 4.79 Å². The van der Waals surface area contributed by atoms with E-state index < -0.39 is 23.1 Å². The molecule has 19 heavy (non-hydrogen) atoms. The molecule has 2 bridgehead atoms. The normalized spacial score (nSPS) is 30.9. The molecule has 0 aromatic rings. The molecule has 2 heterocycles. The number of hydrogen-bond acceptors (Lipinski definition) is 4. The first-order valence-electron chi connectivity index (χ1n) is 6.51. The molecule has 2 aliphatic rings. The summed E-state index contributed by atoms with van der Waals surface area (Å²) in [6.07, 6.45) is 0.131. The maximum Gasteiger partial charge on any atom is 0.410 e. The van der Waals surface area contributed by atoms with Gasteiger partial charge in [0.2, 0.25) is 0 Å². The van der Waals surface area contributed by atoms with Crippen LogP contribution in [0.15, 0.2) is 0 Å². The third-order valence-corrected chi connectivity index (χ3v) is 3.49. The molecule has 2 aliphatic heterocycles. The van der Waals surface area contributed by atoms with Crippen LogP contribution in [0.1, 0.15) is 27.2 Å². The number of carbonyl (C=O) groups excluding carboxylic acids is 1. The minimum atomic E-state index is -0.974. The second kappa shape index (κ2) is 4.67. The molecule has 1 N–H and O–H groups in total. The molecule has 108 valence electrons. The van der Waals surface area contributed by atoms with E-state index in [1.807, 2.05) is 0 Å². The van der Waals surface area contributed by atoms with Gasteiger partial charge < -0.3 is 19.5 Å². The van der Waals surface area contributed by atoms with E-state index in [4.69, 9.17) is 9.47 Å². The predicted octanol–water partition coefficient (Wildman–Crippen LogP) is 1.34. The Morgan fingerprint density at radius 3 is 2.68 bits per heavy atom. The SMILES string of the molecule is CC(C)(C)OC(=O)N1C[C@@H]2COC[C@@](C(=O)O)(C2)C1. The van der Waals surface area contributed by atoms with E-state index in [-0.39, 0.29) is 19.1 Å². The Morgan fingerprint density at radius 1 is 1.42 bits per heavy atom. The summed E-state index contributed by atoms with van der Waals surface area (Å²) in [7, 11) is 0. The smallest absolute Gasteiger partial charge is 0.410 e. The lowest BCUT2D eigenvalue weighted by Crippen LogP contribution is -2.59. The lowest BCUT2D eigenvalue weighted by Gasteiger charge is -2.46. The van der Waals surface area contributed by atoms with Crippen LogP contribution < -0.4 is 0 Å². The molecule has 0 saturated carbocycles. The number of likely N-dealkylation sites (tertiary alicyclic amines) is 1. The minimum absolute atomic E-state index is 0.0751. The first-order chi connectivity index (χ1) is 8.72. The summed E-state index contributed by atoms with van der Waals surface area (Å²) < 4.78 is 10.7. The number of nitrogens with zero attached hydrogens (tertiary/aromatic N) is 1. The first kappa shape index (κ1) is 14.1. The summed E-state index contributed by atoms with van der Waals surface area (Å²) >= 11 is 0. The van der Waals surface area contributed by atoms with Crippen LogP contribution >= 0.6 is 0 Å². The van der Waals surface area contributed by atoms with Gasteiger partial charge in [0.1, 0.15) is 11.0 Å². The van der Waals surface area contributed by atoms with Crippen LogP contribution in [0.3, 0.4) is 0 Å². The van der Waals surface area contributed by atoms with Crippen LogP contribution in [0, 0.1) is 11.3 Å². The zero-order valence-electron chi connectivity index (χ0n) is 11.6. The Balaban J connectivity index is 2.12. The molecule has 0 spiro atoms. The summed E-state index contributed by atoms with van der Waals surface area (Å²) in [5.74, 6) is -0.823. The van der Waals surface area contributed by atoms with Gasteiger partial charge in [0.05, 0.1) is 13.2 Å². The van der Waals surface area contributed by atoms with E-state index in [1.165, 1.54) is 4.90 Å². The summed E-state index contributed by atoms with van der Waals surface area (Å²) in [5, 5.41) is 9.41. The van der Waals surface area contributed by atoms with Crippen molar-refractivity contribution < 1.29 is 24.2 Å². The molecular weight excluding hydrogens is 250 g/mol. The Morgan fingerprint density at radius 2 is 2.11 bits per heavy atom. The number of rotatable bonds is 1. The molecule has 2 rings (SSSR count). The fourth-order valence-corrected chi connectivity index (χ4v) is 2.74. The summed E-state index contributed by atoms with van der Waals surface area (Å²) in [5.41, 5.74) is -1.55. The molecule has 2 saturated heterocycles. The lowest BCUT2D eigenvalue weighted by atomic mass is 9.74. The predicted molar refractivity (Wildman–Crippen MR) is 66.8 cm³/mol. The van der Waals surface area contributed by atoms with Crippen LogP contribution in [0.5, 0.6) is 0 Å². The van der Waals surface area contributed by atoms with Crippen molar-refractivity contribution in [3.8, 4) is 0 Å². The molecule has 0 aliphatic carbocycles. The fraction of sp³-hybridized carbons (Fsp3) is 0.846. The molecule has 0 radical (unpaired) electrons. The van der Waals surface area contributed by atoms with Crippen molar-refractivity contribution in [1.82, 2.24) is 4.90 Å². The zero-order valence-corrected chi connectivity index (χ0v) is 11.6. The quantitative estimate of drug-likeness (QED) is 0.779. The number of ether oxygens (including phenoxy) is 2. The van der Waals surface area contributed by atoms with Crippen molar-refractivity contribution >= 4 is 12.1 Å². The van der Waals surface area contributed by atoms with E-state index in [2.05, 4.69) is 0 Å². The number of hydrogen-bond donors (Lipinski definition) is 1. The van der Waals surface area contributed by atoms with Gasteiger partial charge in [0.15, 0.2) is 0 Å². The van der Waals surface area contributed by atoms with Gasteiger partial charge in [-0.2, -0.15) is 0 Å². The maximum absolute atomic E-state index is 12.1. The summed E-state index contributed by atoms with van der Waals surface area (Å²) in [6, 6.07) is 0. The Bertz CT molecular complexity index is 389. The van der Waals surface area contributed by atoms with Crippen molar-refractivity contribution in [3.05, 3.63) is 0 Å². The number of carboxylic acid groups (broad SMARTS) is 1. The Labute approximate surface area is 112 Å². The maximum atomic E-state index is 12.1. The highest BCUT2D eigenvalue weighted by atomic mass is 16.6. The van der Waals surface area contributed by atoms with Gasteiger partial charge in [-0.15, -0.1) is 0 Å². The van der Waals surface area contributed by atoms with Crippen LogP contribution in [0.25, 0.3) is 0 Å². The van der Waals surface area contributed by atoms with Gasteiger partial charge in [-0.3, -0.25) is 4.79 Å². The van der Waals surface area contributed by atoms with Crippen LogP contribution in [-0.2, 0) is 14.3 Å². The number of fused-ring (bicyclic) bond motifs is 2. The van der Waals surface area contributed by atoms with Crippen LogP contribution in [0.2, 0.25) is 0 Å². The first-order valence-corrected chi connectivity index (χ1v) is 6.51. The lowest BCUT2D eigenvalue weighted by molar-refractivity contribution is -0.169. The second-order valence-corrected chi connectivity index (χ2v) is 6.53. The molecule has 1 amide bonds. The Kier molecular flexibility index (Phi) is 3.47. The van der Waals surface area contributed by atoms with E-state index >= 15 is 0 Å². The molecular formula is C13H21NO5. The van der Waals surface area contributed by atoms with Gasteiger partial charge in [0, 0.05) is 19.0 Å². The highest BCUT2D eigenvalue weighted by Crippen LogP contribution is 2.38. The zero-order chi connectivity index (χ0) is 14.3. The largest absolute Gasteiger partial charge is 0.481 e. The number of amides is 1. The molecule has 0 aromatic heterocycles. The van der Waals surface area contributed by atoms with Crippen LogP contribution in [0.4, 0.5) is 4.79 Å². The molecule has 6 nitrogen and oxygen atoms in total. The van der Waals surface area contributed by atoms with Gasteiger partial charge in [0.25, 0.3) is 0 Å². The van der Waals surface area contributed by atoms with Crippen molar-refractivity contribution in [3.63, 3.8) is 0 Å². The molecule has 0 aromatic carbocycles. The van der Waals surface area contributed by atoms with Crippen molar-refractivity contribution in [2.75, 3.05) is 26.3 Å². The highest BCUT2D eigenvalue weighted by Gasteiger charge is 2.50. The van der Waals surface area contributed by atoms with E-state index in [1.54, 1.807) is 20.8 Å². The second-order valence-electron chi connectivity index (χ2n) is 6.53. The average Bonchev–Trinajstić information content (AvgIpc) is 2.25. The van der Waals surface area contributed by atoms with Crippen molar-refractivity contribution in [2.24, 2.45) is 11.3 Å². The number of piperidine rings is 1. The van der Waals surface area contributed by atoms with Gasteiger partial charge in [-0.05, 0) is 27.2 Å². The summed E-state index contributed by atoms with van der Waals surface area (Å²) in [6.45, 7) is 6.73. The standard InChI is InChI=1S/C13H21NO5/c1-12(2,3)19-11(17)14-5-9-4-13(7-14,10(15)16)8-18-6-9/h9H,4-8H2,1-3H3,(H,15,16)/t9-,13-/m1/s1.